The molecule has 136 valence electrons. The van der Waals surface area contributed by atoms with E-state index >= 15 is 0 Å². The molecule has 4 heteroatoms. The van der Waals surface area contributed by atoms with Gasteiger partial charge in [-0.25, -0.2) is 0 Å². The van der Waals surface area contributed by atoms with Gasteiger partial charge in [-0.05, 0) is 41.7 Å². The number of hydrogen-bond acceptors (Lipinski definition) is 2. The van der Waals surface area contributed by atoms with Gasteiger partial charge in [0, 0.05) is 5.56 Å². The van der Waals surface area contributed by atoms with Crippen molar-refractivity contribution in [3.05, 3.63) is 96.1 Å². The van der Waals surface area contributed by atoms with Gasteiger partial charge in [0.05, 0.1) is 0 Å². The van der Waals surface area contributed by atoms with E-state index < -0.39 is 11.9 Å². The van der Waals surface area contributed by atoms with Crippen LogP contribution in [-0.2, 0) is 11.2 Å². The fourth-order valence-electron chi connectivity index (χ4n) is 2.93. The number of aryl methyl sites for hydroxylation is 1. The van der Waals surface area contributed by atoms with Crippen molar-refractivity contribution in [2.75, 3.05) is 0 Å². The third-order valence-electron chi connectivity index (χ3n) is 4.47. The van der Waals surface area contributed by atoms with Crippen LogP contribution in [0.5, 0.6) is 0 Å². The number of carbonyl (C=O) groups excluding carboxylic acids is 2. The molecule has 3 aromatic carbocycles. The molecule has 0 aromatic heterocycles. The van der Waals surface area contributed by atoms with Crippen molar-refractivity contribution in [3.63, 3.8) is 0 Å². The van der Waals surface area contributed by atoms with Gasteiger partial charge in [-0.2, -0.15) is 0 Å². The van der Waals surface area contributed by atoms with Gasteiger partial charge in [0.1, 0.15) is 6.04 Å². The summed E-state index contributed by atoms with van der Waals surface area (Å²) >= 11 is 0. The monoisotopic (exact) mass is 358 g/mol. The van der Waals surface area contributed by atoms with E-state index in [1.807, 2.05) is 72.8 Å². The summed E-state index contributed by atoms with van der Waals surface area (Å²) in [4.78, 5) is 24.2. The zero-order valence-corrected chi connectivity index (χ0v) is 15.0. The average molecular weight is 358 g/mol. The molecule has 0 aliphatic carbocycles. The Labute approximate surface area is 159 Å². The zero-order valence-electron chi connectivity index (χ0n) is 15.0. The topological polar surface area (TPSA) is 72.2 Å². The molecule has 0 aliphatic heterocycles. The van der Waals surface area contributed by atoms with E-state index in [9.17, 15) is 9.59 Å². The van der Waals surface area contributed by atoms with Crippen LogP contribution in [-0.4, -0.2) is 17.9 Å². The Bertz CT molecular complexity index is 891. The van der Waals surface area contributed by atoms with Crippen LogP contribution in [0.3, 0.4) is 0 Å². The molecular formula is C23H22N2O2. The van der Waals surface area contributed by atoms with Crippen molar-refractivity contribution in [2.24, 2.45) is 5.73 Å². The molecule has 2 amide bonds. The number of nitrogens with two attached hydrogens (primary N) is 1. The molecule has 0 radical (unpaired) electrons. The highest BCUT2D eigenvalue weighted by atomic mass is 16.2. The lowest BCUT2D eigenvalue weighted by Gasteiger charge is -2.16. The van der Waals surface area contributed by atoms with Crippen LogP contribution in [0.25, 0.3) is 11.1 Å². The molecule has 27 heavy (non-hydrogen) atoms. The molecule has 4 nitrogen and oxygen atoms in total. The molecule has 0 saturated carbocycles. The van der Waals surface area contributed by atoms with Crippen LogP contribution in [0.2, 0.25) is 0 Å². The Morgan fingerprint density at radius 3 is 1.93 bits per heavy atom. The van der Waals surface area contributed by atoms with E-state index in [2.05, 4.69) is 5.32 Å². The predicted molar refractivity (Wildman–Crippen MR) is 107 cm³/mol. The molecular weight excluding hydrogens is 336 g/mol. The van der Waals surface area contributed by atoms with Crippen molar-refractivity contribution < 1.29 is 9.59 Å². The van der Waals surface area contributed by atoms with E-state index in [1.165, 1.54) is 0 Å². The summed E-state index contributed by atoms with van der Waals surface area (Å²) < 4.78 is 0. The highest BCUT2D eigenvalue weighted by molar-refractivity contribution is 5.97. The standard InChI is InChI=1S/C23H22N2O2/c24-22(26)21(16-11-17-7-3-1-4-8-17)25-23(27)20-14-12-19(13-15-20)18-9-5-2-6-10-18/h1-10,12-15,21H,11,16H2,(H2,24,26)(H,25,27)/t21-/m0/s1. The summed E-state index contributed by atoms with van der Waals surface area (Å²) in [6.07, 6.45) is 1.13. The van der Waals surface area contributed by atoms with E-state index in [4.69, 9.17) is 5.73 Å². The van der Waals surface area contributed by atoms with Gasteiger partial charge in [0.25, 0.3) is 5.91 Å². The number of nitrogens with one attached hydrogen (secondary N) is 1. The van der Waals surface area contributed by atoms with Crippen molar-refractivity contribution >= 4 is 11.8 Å². The first-order valence-corrected chi connectivity index (χ1v) is 8.93. The Hall–Kier alpha value is -3.40. The summed E-state index contributed by atoms with van der Waals surface area (Å²) in [5.41, 5.74) is 9.19. The summed E-state index contributed by atoms with van der Waals surface area (Å²) in [6, 6.07) is 26.4. The first-order valence-electron chi connectivity index (χ1n) is 8.93. The van der Waals surface area contributed by atoms with E-state index in [0.717, 1.165) is 16.7 Å². The second kappa shape index (κ2) is 8.81. The smallest absolute Gasteiger partial charge is 0.251 e. The third-order valence-corrected chi connectivity index (χ3v) is 4.47. The summed E-state index contributed by atoms with van der Waals surface area (Å²) in [5, 5.41) is 2.75. The van der Waals surface area contributed by atoms with E-state index in [1.54, 1.807) is 12.1 Å². The number of amides is 2. The molecule has 0 saturated heterocycles. The van der Waals surface area contributed by atoms with Crippen molar-refractivity contribution in [1.29, 1.82) is 0 Å². The van der Waals surface area contributed by atoms with Gasteiger partial charge in [-0.1, -0.05) is 72.8 Å². The molecule has 0 unspecified atom stereocenters. The van der Waals surface area contributed by atoms with Crippen molar-refractivity contribution in [2.45, 2.75) is 18.9 Å². The first kappa shape index (κ1) is 18.4. The van der Waals surface area contributed by atoms with Crippen molar-refractivity contribution in [3.8, 4) is 11.1 Å². The quantitative estimate of drug-likeness (QED) is 0.678. The van der Waals surface area contributed by atoms with Crippen LogP contribution >= 0.6 is 0 Å². The minimum absolute atomic E-state index is 0.300. The number of hydrogen-bond donors (Lipinski definition) is 2. The Morgan fingerprint density at radius 2 is 1.33 bits per heavy atom. The molecule has 3 aromatic rings. The Kier molecular flexibility index (Phi) is 6.00. The second-order valence-electron chi connectivity index (χ2n) is 6.40. The van der Waals surface area contributed by atoms with Gasteiger partial charge in [0.2, 0.25) is 5.91 Å². The second-order valence-corrected chi connectivity index (χ2v) is 6.40. The minimum Gasteiger partial charge on any atom is -0.368 e. The predicted octanol–water partition coefficient (Wildman–Crippen LogP) is 3.57. The van der Waals surface area contributed by atoms with Crippen LogP contribution in [0.15, 0.2) is 84.9 Å². The summed E-state index contributed by atoms with van der Waals surface area (Å²) in [7, 11) is 0. The molecule has 3 N–H and O–H groups in total. The minimum atomic E-state index is -0.702. The third kappa shape index (κ3) is 5.05. The lowest BCUT2D eigenvalue weighted by Crippen LogP contribution is -2.44. The molecule has 0 bridgehead atoms. The maximum absolute atomic E-state index is 12.5. The van der Waals surface area contributed by atoms with Crippen LogP contribution in [0.1, 0.15) is 22.3 Å². The zero-order chi connectivity index (χ0) is 19.1. The maximum Gasteiger partial charge on any atom is 0.251 e. The first-order chi connectivity index (χ1) is 13.1. The normalized spacial score (nSPS) is 11.6. The van der Waals surface area contributed by atoms with E-state index in [0.29, 0.717) is 18.4 Å². The summed E-state index contributed by atoms with van der Waals surface area (Å²) in [5.74, 6) is -0.827. The maximum atomic E-state index is 12.5. The van der Waals surface area contributed by atoms with Gasteiger partial charge >= 0.3 is 0 Å². The molecule has 0 fully saturated rings. The fraction of sp³-hybridized carbons (Fsp3) is 0.130. The number of rotatable bonds is 7. The van der Waals surface area contributed by atoms with Gasteiger partial charge in [-0.3, -0.25) is 9.59 Å². The molecule has 1 atom stereocenters. The number of primary amides is 1. The molecule has 0 heterocycles. The molecule has 0 aliphatic rings. The van der Waals surface area contributed by atoms with Gasteiger partial charge < -0.3 is 11.1 Å². The highest BCUT2D eigenvalue weighted by Crippen LogP contribution is 2.19. The van der Waals surface area contributed by atoms with Crippen LogP contribution < -0.4 is 11.1 Å². The molecule has 3 rings (SSSR count). The SMILES string of the molecule is NC(=O)[C@H](CCc1ccccc1)NC(=O)c1ccc(-c2ccccc2)cc1. The average Bonchev–Trinajstić information content (AvgIpc) is 2.72. The lowest BCUT2D eigenvalue weighted by atomic mass is 10.0. The fourth-order valence-corrected chi connectivity index (χ4v) is 2.93. The summed E-state index contributed by atoms with van der Waals surface area (Å²) in [6.45, 7) is 0. The van der Waals surface area contributed by atoms with Crippen LogP contribution in [0, 0.1) is 0 Å². The van der Waals surface area contributed by atoms with Gasteiger partial charge in [-0.15, -0.1) is 0 Å². The van der Waals surface area contributed by atoms with Crippen molar-refractivity contribution in [1.82, 2.24) is 5.32 Å². The van der Waals surface area contributed by atoms with Gasteiger partial charge in [0.15, 0.2) is 0 Å². The highest BCUT2D eigenvalue weighted by Gasteiger charge is 2.18. The van der Waals surface area contributed by atoms with Crippen LogP contribution in [0.4, 0.5) is 0 Å². The Morgan fingerprint density at radius 1 is 0.778 bits per heavy atom. The number of benzene rings is 3. The largest absolute Gasteiger partial charge is 0.368 e. The number of carbonyl (C=O) groups is 2. The lowest BCUT2D eigenvalue weighted by molar-refractivity contribution is -0.120. The van der Waals surface area contributed by atoms with E-state index in [-0.39, 0.29) is 5.91 Å². The molecule has 0 spiro atoms. The Balaban J connectivity index is 1.64.